The molecule has 0 aliphatic heterocycles. The second-order valence-electron chi connectivity index (χ2n) is 14.0. The van der Waals surface area contributed by atoms with E-state index in [-0.39, 0.29) is 17.6 Å². The minimum absolute atomic E-state index is 0.0928. The van der Waals surface area contributed by atoms with Crippen LogP contribution in [0.5, 0.6) is 0 Å². The van der Waals surface area contributed by atoms with Crippen LogP contribution >= 0.6 is 0 Å². The number of amides is 2. The Morgan fingerprint density at radius 1 is 0.660 bits per heavy atom. The lowest BCUT2D eigenvalue weighted by atomic mass is 10.1. The molecule has 10 nitrogen and oxygen atoms in total. The molecule has 0 aromatic heterocycles. The Labute approximate surface area is 288 Å². The number of hydrogen-bond donors (Lipinski definition) is 3. The summed E-state index contributed by atoms with van der Waals surface area (Å²) in [4.78, 5) is 36.8. The topological polar surface area (TPSA) is 139 Å². The summed E-state index contributed by atoms with van der Waals surface area (Å²) in [5, 5.41) is 5.82. The Kier molecular flexibility index (Phi) is 28.1. The molecular formula is C36H72N3O7S+. The highest BCUT2D eigenvalue weighted by Crippen LogP contribution is 2.13. The van der Waals surface area contributed by atoms with Gasteiger partial charge in [-0.25, -0.2) is 4.79 Å². The lowest BCUT2D eigenvalue weighted by Gasteiger charge is -2.29. The zero-order chi connectivity index (χ0) is 35.2. The molecule has 0 unspecified atom stereocenters. The Hall–Kier alpha value is -1.72. The van der Waals surface area contributed by atoms with Gasteiger partial charge in [-0.15, -0.1) is 0 Å². The maximum atomic E-state index is 12.5. The van der Waals surface area contributed by atoms with Gasteiger partial charge in [-0.1, -0.05) is 90.4 Å². The maximum absolute atomic E-state index is 12.5. The normalized spacial score (nSPS) is 12.5. The summed E-state index contributed by atoms with van der Waals surface area (Å²) < 4.78 is 36.3. The second-order valence-corrected chi connectivity index (χ2v) is 15.6. The fraction of sp³-hybridized carbons (Fsp3) is 0.917. The van der Waals surface area contributed by atoms with Crippen LogP contribution in [-0.2, 0) is 29.2 Å². The van der Waals surface area contributed by atoms with E-state index in [0.717, 1.165) is 75.4 Å². The number of carbonyl (C=O) groups excluding carboxylic acids is 3. The molecule has 0 aliphatic rings. The van der Waals surface area contributed by atoms with E-state index >= 15 is 0 Å². The van der Waals surface area contributed by atoms with Gasteiger partial charge in [0.2, 0.25) is 11.8 Å². The van der Waals surface area contributed by atoms with Crippen molar-refractivity contribution in [3.8, 4) is 0 Å². The van der Waals surface area contributed by atoms with E-state index in [0.29, 0.717) is 38.6 Å². The first-order chi connectivity index (χ1) is 22.4. The van der Waals surface area contributed by atoms with Crippen LogP contribution in [0, 0.1) is 0 Å². The van der Waals surface area contributed by atoms with E-state index in [1.165, 1.54) is 71.3 Å². The van der Waals surface area contributed by atoms with Gasteiger partial charge in [0, 0.05) is 19.4 Å². The van der Waals surface area contributed by atoms with Crippen LogP contribution in [0.4, 0.5) is 0 Å². The van der Waals surface area contributed by atoms with Crippen LogP contribution in [-0.4, -0.2) is 87.9 Å². The number of unbranched alkanes of at least 4 members (excludes halogenated alkanes) is 17. The summed E-state index contributed by atoms with van der Waals surface area (Å²) in [6, 6.07) is -0.648. The number of esters is 1. The number of nitrogens with one attached hydrogen (secondary N) is 2. The van der Waals surface area contributed by atoms with Gasteiger partial charge in [-0.2, -0.15) is 8.42 Å². The van der Waals surface area contributed by atoms with E-state index in [1.54, 1.807) is 0 Å². The smallest absolute Gasteiger partial charge is 0.328 e. The lowest BCUT2D eigenvalue weighted by Crippen LogP contribution is -2.41. The predicted molar refractivity (Wildman–Crippen MR) is 192 cm³/mol. The highest BCUT2D eigenvalue weighted by atomic mass is 32.2. The zero-order valence-corrected chi connectivity index (χ0v) is 31.4. The predicted octanol–water partition coefficient (Wildman–Crippen LogP) is 7.11. The molecule has 0 radical (unpaired) electrons. The number of methoxy groups -OCH3 is 1. The molecule has 0 saturated heterocycles. The first-order valence-electron chi connectivity index (χ1n) is 18.8. The number of nitrogens with zero attached hydrogens (tertiary/aromatic N) is 1. The minimum atomic E-state index is -3.86. The molecule has 47 heavy (non-hydrogen) atoms. The molecule has 0 heterocycles. The largest absolute Gasteiger partial charge is 0.467 e. The fourth-order valence-corrected chi connectivity index (χ4v) is 6.43. The zero-order valence-electron chi connectivity index (χ0n) is 30.6. The van der Waals surface area contributed by atoms with Crippen LogP contribution in [0.1, 0.15) is 161 Å². The summed E-state index contributed by atoms with van der Waals surface area (Å²) in [7, 11) is 1.81. The van der Waals surface area contributed by atoms with Crippen LogP contribution < -0.4 is 10.6 Å². The van der Waals surface area contributed by atoms with Crippen LogP contribution in [0.2, 0.25) is 0 Å². The average molecular weight is 691 g/mol. The number of hydrogen-bond acceptors (Lipinski definition) is 6. The molecule has 0 rings (SSSR count). The van der Waals surface area contributed by atoms with Crippen molar-refractivity contribution < 1.29 is 36.6 Å². The number of rotatable bonds is 33. The molecule has 3 N–H and O–H groups in total. The average Bonchev–Trinajstić information content (AvgIpc) is 3.01. The third-order valence-corrected chi connectivity index (χ3v) is 9.71. The third-order valence-electron chi connectivity index (χ3n) is 8.90. The van der Waals surface area contributed by atoms with Crippen molar-refractivity contribution in [3.05, 3.63) is 0 Å². The highest BCUT2D eigenvalue weighted by Gasteiger charge is 2.21. The molecule has 0 aliphatic carbocycles. The van der Waals surface area contributed by atoms with Gasteiger partial charge >= 0.3 is 5.97 Å². The molecule has 2 amide bonds. The molecule has 0 spiro atoms. The monoisotopic (exact) mass is 691 g/mol. The highest BCUT2D eigenvalue weighted by molar-refractivity contribution is 7.85. The molecule has 0 bridgehead atoms. The summed E-state index contributed by atoms with van der Waals surface area (Å²) in [5.41, 5.74) is 0. The number of ether oxygens (including phenoxy) is 1. The number of quaternary nitrogens is 1. The van der Waals surface area contributed by atoms with E-state index in [4.69, 9.17) is 9.29 Å². The van der Waals surface area contributed by atoms with Crippen LogP contribution in [0.3, 0.4) is 0 Å². The molecule has 0 aromatic rings. The SMILES string of the molecule is CCCCCCCCCCCC(=O)NCCCC[C@H](NC(=O)CCCCCCCCCC[N+](C)(C)CCCCS(=O)(=O)O)C(=O)OC. The summed E-state index contributed by atoms with van der Waals surface area (Å²) in [6.45, 7) is 4.78. The van der Waals surface area contributed by atoms with Gasteiger partial charge in [0.1, 0.15) is 6.04 Å². The van der Waals surface area contributed by atoms with Crippen molar-refractivity contribution in [2.24, 2.45) is 0 Å². The first-order valence-corrected chi connectivity index (χ1v) is 20.4. The Morgan fingerprint density at radius 3 is 1.64 bits per heavy atom. The Balaban J connectivity index is 3.85. The number of carbonyl (C=O) groups is 3. The second kappa shape index (κ2) is 29.2. The van der Waals surface area contributed by atoms with Crippen LogP contribution in [0.25, 0.3) is 0 Å². The maximum Gasteiger partial charge on any atom is 0.328 e. The van der Waals surface area contributed by atoms with Crippen LogP contribution in [0.15, 0.2) is 0 Å². The van der Waals surface area contributed by atoms with E-state index in [9.17, 15) is 22.8 Å². The van der Waals surface area contributed by atoms with Gasteiger partial charge in [-0.05, 0) is 57.8 Å². The van der Waals surface area contributed by atoms with E-state index < -0.39 is 22.1 Å². The summed E-state index contributed by atoms with van der Waals surface area (Å²) in [6.07, 6.45) is 24.0. The quantitative estimate of drug-likeness (QED) is 0.0289. The van der Waals surface area contributed by atoms with Gasteiger partial charge in [0.25, 0.3) is 10.1 Å². The molecule has 0 aromatic carbocycles. The van der Waals surface area contributed by atoms with Gasteiger partial charge in [0.05, 0.1) is 40.0 Å². The fourth-order valence-electron chi connectivity index (χ4n) is 5.87. The van der Waals surface area contributed by atoms with Gasteiger partial charge < -0.3 is 19.9 Å². The van der Waals surface area contributed by atoms with E-state index in [1.807, 2.05) is 0 Å². The van der Waals surface area contributed by atoms with Crippen molar-refractivity contribution >= 4 is 27.9 Å². The van der Waals surface area contributed by atoms with Crippen molar-refractivity contribution in [2.45, 2.75) is 167 Å². The summed E-state index contributed by atoms with van der Waals surface area (Å²) >= 11 is 0. The summed E-state index contributed by atoms with van der Waals surface area (Å²) in [5.74, 6) is -0.607. The first kappa shape index (κ1) is 45.3. The standard InChI is InChI=1S/C36H71N3O7S/c1-5-6-7-8-9-10-13-16-19-27-34(40)37-29-22-21-26-33(36(42)46-4)38-35(41)28-20-17-14-11-12-15-18-23-30-39(2,3)31-24-25-32-47(43,44)45/h33H,5-32H2,1-4H3,(H2-,37,38,40,41,43,44,45)/p+1/t33-/m0/s1. The van der Waals surface area contributed by atoms with Gasteiger partial charge in [0.15, 0.2) is 0 Å². The molecule has 0 saturated carbocycles. The van der Waals surface area contributed by atoms with Crippen molar-refractivity contribution in [3.63, 3.8) is 0 Å². The van der Waals surface area contributed by atoms with Crippen molar-refractivity contribution in [2.75, 3.05) is 46.6 Å². The van der Waals surface area contributed by atoms with Gasteiger partial charge in [-0.3, -0.25) is 14.1 Å². The molecule has 0 fully saturated rings. The molecular weight excluding hydrogens is 618 g/mol. The van der Waals surface area contributed by atoms with Crippen molar-refractivity contribution in [1.82, 2.24) is 10.6 Å². The van der Waals surface area contributed by atoms with Crippen molar-refractivity contribution in [1.29, 1.82) is 0 Å². The Morgan fingerprint density at radius 2 is 1.13 bits per heavy atom. The molecule has 278 valence electrons. The molecule has 1 atom stereocenters. The molecule has 11 heteroatoms. The lowest BCUT2D eigenvalue weighted by molar-refractivity contribution is -0.890. The minimum Gasteiger partial charge on any atom is -0.467 e. The van der Waals surface area contributed by atoms with E-state index in [2.05, 4.69) is 31.7 Å². The Bertz CT molecular complexity index is 912. The third kappa shape index (κ3) is 31.3.